The van der Waals surface area contributed by atoms with Gasteiger partial charge in [0.2, 0.25) is 0 Å². The highest BCUT2D eigenvalue weighted by atomic mass is 16.3. The van der Waals surface area contributed by atoms with Gasteiger partial charge in [-0.3, -0.25) is 0 Å². The predicted molar refractivity (Wildman–Crippen MR) is 98.6 cm³/mol. The average molecular weight is 337 g/mol. The number of anilines is 1. The zero-order valence-electron chi connectivity index (χ0n) is 14.2. The minimum Gasteiger partial charge on any atom is -0.393 e. The van der Waals surface area contributed by atoms with E-state index in [4.69, 9.17) is 4.98 Å². The van der Waals surface area contributed by atoms with E-state index in [0.29, 0.717) is 0 Å². The Kier molecular flexibility index (Phi) is 4.63. The van der Waals surface area contributed by atoms with Gasteiger partial charge in [0.15, 0.2) is 5.65 Å². The minimum atomic E-state index is -0.124. The van der Waals surface area contributed by atoms with Gasteiger partial charge in [-0.05, 0) is 12.8 Å². The second-order valence-corrected chi connectivity index (χ2v) is 6.49. The molecular weight excluding hydrogens is 314 g/mol. The molecule has 1 aromatic carbocycles. The Morgan fingerprint density at radius 2 is 1.92 bits per heavy atom. The fourth-order valence-electron chi connectivity index (χ4n) is 3.28. The van der Waals surface area contributed by atoms with E-state index in [1.807, 2.05) is 28.8 Å². The molecule has 1 fully saturated rings. The maximum absolute atomic E-state index is 9.60. The first kappa shape index (κ1) is 16.1. The van der Waals surface area contributed by atoms with Gasteiger partial charge in [0.05, 0.1) is 18.0 Å². The van der Waals surface area contributed by atoms with E-state index in [2.05, 4.69) is 33.5 Å². The topological polar surface area (TPSA) is 65.7 Å². The summed E-state index contributed by atoms with van der Waals surface area (Å²) >= 11 is 0. The number of nitrogens with one attached hydrogen (secondary N) is 1. The number of likely N-dealkylation sites (tertiary alicyclic amines) is 1. The molecule has 3 heterocycles. The lowest BCUT2D eigenvalue weighted by molar-refractivity contribution is 0.0845. The van der Waals surface area contributed by atoms with E-state index in [1.165, 1.54) is 0 Å². The van der Waals surface area contributed by atoms with Crippen LogP contribution in [0.5, 0.6) is 0 Å². The first-order chi connectivity index (χ1) is 12.3. The molecule has 25 heavy (non-hydrogen) atoms. The molecule has 0 bridgehead atoms. The van der Waals surface area contributed by atoms with E-state index in [0.717, 1.165) is 61.7 Å². The molecule has 0 spiro atoms. The number of hydrogen-bond donors (Lipinski definition) is 2. The Morgan fingerprint density at radius 3 is 2.72 bits per heavy atom. The molecule has 130 valence electrons. The fourth-order valence-corrected chi connectivity index (χ4v) is 3.28. The molecule has 3 aromatic rings. The monoisotopic (exact) mass is 337 g/mol. The highest BCUT2D eigenvalue weighted by Crippen LogP contribution is 2.21. The Bertz CT molecular complexity index is 824. The van der Waals surface area contributed by atoms with Gasteiger partial charge in [-0.15, -0.1) is 0 Å². The predicted octanol–water partition coefficient (Wildman–Crippen LogP) is 2.26. The first-order valence-corrected chi connectivity index (χ1v) is 8.84. The smallest absolute Gasteiger partial charge is 0.157 e. The number of benzene rings is 1. The highest BCUT2D eigenvalue weighted by Gasteiger charge is 2.16. The van der Waals surface area contributed by atoms with Gasteiger partial charge < -0.3 is 15.3 Å². The van der Waals surface area contributed by atoms with Crippen molar-refractivity contribution in [2.24, 2.45) is 0 Å². The lowest BCUT2D eigenvalue weighted by Crippen LogP contribution is -2.38. The van der Waals surface area contributed by atoms with E-state index >= 15 is 0 Å². The molecule has 4 rings (SSSR count). The second kappa shape index (κ2) is 7.21. The van der Waals surface area contributed by atoms with Crippen LogP contribution in [0.25, 0.3) is 16.9 Å². The van der Waals surface area contributed by atoms with E-state index in [1.54, 1.807) is 6.20 Å². The number of piperidine rings is 1. The van der Waals surface area contributed by atoms with Crippen LogP contribution in [0.1, 0.15) is 12.8 Å². The molecule has 0 unspecified atom stereocenters. The number of aromatic nitrogens is 3. The number of nitrogens with zero attached hydrogens (tertiary/aromatic N) is 4. The third kappa shape index (κ3) is 3.65. The van der Waals surface area contributed by atoms with Crippen molar-refractivity contribution in [3.8, 4) is 11.3 Å². The summed E-state index contributed by atoms with van der Waals surface area (Å²) in [5.41, 5.74) is 2.88. The number of hydrogen-bond acceptors (Lipinski definition) is 5. The number of fused-ring (bicyclic) bond motifs is 1. The lowest BCUT2D eigenvalue weighted by Gasteiger charge is -2.29. The van der Waals surface area contributed by atoms with Crippen molar-refractivity contribution in [2.75, 3.05) is 31.5 Å². The summed E-state index contributed by atoms with van der Waals surface area (Å²) in [6.45, 7) is 3.72. The molecule has 2 aromatic heterocycles. The first-order valence-electron chi connectivity index (χ1n) is 8.84. The van der Waals surface area contributed by atoms with Crippen LogP contribution in [-0.4, -0.2) is 56.9 Å². The Hall–Kier alpha value is -2.44. The van der Waals surface area contributed by atoms with Crippen LogP contribution in [0, 0.1) is 0 Å². The summed E-state index contributed by atoms with van der Waals surface area (Å²) in [6.07, 6.45) is 3.39. The SMILES string of the molecule is OC1CCN(CCNc2cc(-c3ccccc3)nc3ccnn23)CC1. The van der Waals surface area contributed by atoms with Crippen molar-refractivity contribution in [3.63, 3.8) is 0 Å². The van der Waals surface area contributed by atoms with Crippen molar-refractivity contribution < 1.29 is 5.11 Å². The van der Waals surface area contributed by atoms with E-state index < -0.39 is 0 Å². The molecule has 0 amide bonds. The third-order valence-corrected chi connectivity index (χ3v) is 4.72. The molecule has 0 saturated carbocycles. The zero-order chi connectivity index (χ0) is 17.1. The zero-order valence-corrected chi connectivity index (χ0v) is 14.2. The van der Waals surface area contributed by atoms with Gasteiger partial charge in [0.25, 0.3) is 0 Å². The van der Waals surface area contributed by atoms with Crippen molar-refractivity contribution >= 4 is 11.5 Å². The van der Waals surface area contributed by atoms with Crippen LogP contribution in [0.3, 0.4) is 0 Å². The van der Waals surface area contributed by atoms with Crippen molar-refractivity contribution in [1.29, 1.82) is 0 Å². The Morgan fingerprint density at radius 1 is 1.12 bits per heavy atom. The van der Waals surface area contributed by atoms with E-state index in [-0.39, 0.29) is 6.10 Å². The summed E-state index contributed by atoms with van der Waals surface area (Å²) in [5, 5.41) is 17.5. The normalized spacial score (nSPS) is 16.4. The standard InChI is InChI=1S/C19H23N5O/c25-16-7-11-23(12-8-16)13-10-20-19-14-17(15-4-2-1-3-5-15)22-18-6-9-21-24(18)19/h1-6,9,14,16,20,25H,7-8,10-13H2. The summed E-state index contributed by atoms with van der Waals surface area (Å²) < 4.78 is 1.84. The van der Waals surface area contributed by atoms with Gasteiger partial charge in [0.1, 0.15) is 5.82 Å². The van der Waals surface area contributed by atoms with Gasteiger partial charge in [-0.2, -0.15) is 9.61 Å². The van der Waals surface area contributed by atoms with Gasteiger partial charge in [-0.1, -0.05) is 30.3 Å². The Balaban J connectivity index is 1.49. The van der Waals surface area contributed by atoms with Crippen LogP contribution in [0.2, 0.25) is 0 Å². The van der Waals surface area contributed by atoms with E-state index in [9.17, 15) is 5.11 Å². The number of rotatable bonds is 5. The number of aliphatic hydroxyl groups excluding tert-OH is 1. The van der Waals surface area contributed by atoms with Crippen LogP contribution < -0.4 is 5.32 Å². The molecule has 6 heteroatoms. The molecule has 0 aliphatic carbocycles. The molecule has 0 atom stereocenters. The van der Waals surface area contributed by atoms with Gasteiger partial charge in [-0.25, -0.2) is 4.98 Å². The van der Waals surface area contributed by atoms with Gasteiger partial charge in [0, 0.05) is 43.9 Å². The minimum absolute atomic E-state index is 0.124. The summed E-state index contributed by atoms with van der Waals surface area (Å²) in [7, 11) is 0. The molecule has 1 saturated heterocycles. The quantitative estimate of drug-likeness (QED) is 0.748. The van der Waals surface area contributed by atoms with Crippen LogP contribution in [0.4, 0.5) is 5.82 Å². The third-order valence-electron chi connectivity index (χ3n) is 4.72. The molecule has 1 aliphatic heterocycles. The molecule has 6 nitrogen and oxygen atoms in total. The van der Waals surface area contributed by atoms with Crippen LogP contribution in [0.15, 0.2) is 48.7 Å². The van der Waals surface area contributed by atoms with Crippen molar-refractivity contribution in [1.82, 2.24) is 19.5 Å². The summed E-state index contributed by atoms with van der Waals surface area (Å²) in [6, 6.07) is 14.2. The number of aliphatic hydroxyl groups is 1. The van der Waals surface area contributed by atoms with Crippen molar-refractivity contribution in [3.05, 3.63) is 48.7 Å². The van der Waals surface area contributed by atoms with Crippen LogP contribution in [-0.2, 0) is 0 Å². The lowest BCUT2D eigenvalue weighted by atomic mass is 10.1. The van der Waals surface area contributed by atoms with Crippen LogP contribution >= 0.6 is 0 Å². The van der Waals surface area contributed by atoms with Crippen molar-refractivity contribution in [2.45, 2.75) is 18.9 Å². The molecule has 2 N–H and O–H groups in total. The maximum atomic E-state index is 9.60. The molecular formula is C19H23N5O. The fraction of sp³-hybridized carbons (Fsp3) is 0.368. The average Bonchev–Trinajstić information content (AvgIpc) is 3.13. The summed E-state index contributed by atoms with van der Waals surface area (Å²) in [5.74, 6) is 0.950. The summed E-state index contributed by atoms with van der Waals surface area (Å²) in [4.78, 5) is 7.08. The largest absolute Gasteiger partial charge is 0.393 e. The Labute approximate surface area is 147 Å². The second-order valence-electron chi connectivity index (χ2n) is 6.49. The van der Waals surface area contributed by atoms with Gasteiger partial charge >= 0.3 is 0 Å². The highest BCUT2D eigenvalue weighted by molar-refractivity contribution is 5.66. The molecule has 1 aliphatic rings. The maximum Gasteiger partial charge on any atom is 0.157 e. The molecule has 0 radical (unpaired) electrons.